The molecule has 1 aliphatic heterocycles. The van der Waals surface area contributed by atoms with Crippen molar-refractivity contribution in [2.45, 2.75) is 38.4 Å². The third-order valence-corrected chi connectivity index (χ3v) is 4.92. The van der Waals surface area contributed by atoms with Crippen LogP contribution in [-0.2, 0) is 27.2 Å². The normalized spacial score (nSPS) is 17.0. The van der Waals surface area contributed by atoms with Crippen molar-refractivity contribution in [1.29, 1.82) is 0 Å². The minimum Gasteiger partial charge on any atom is -0.350 e. The maximum atomic E-state index is 11.9. The van der Waals surface area contributed by atoms with E-state index >= 15 is 0 Å². The van der Waals surface area contributed by atoms with Gasteiger partial charge in [-0.25, -0.2) is 15.3 Å². The first-order chi connectivity index (χ1) is 14.3. The number of ether oxygens (including phenoxy) is 1. The Balaban J connectivity index is 1.24. The summed E-state index contributed by atoms with van der Waals surface area (Å²) in [5.74, 6) is 0.696. The number of carbonyl (C=O) groups excluding carboxylic acids is 1. The summed E-state index contributed by atoms with van der Waals surface area (Å²) >= 11 is 0. The van der Waals surface area contributed by atoms with Crippen LogP contribution >= 0.6 is 0 Å². The number of aryl methyl sites for hydroxylation is 2. The lowest BCUT2D eigenvalue weighted by atomic mass is 10.1. The topological polar surface area (TPSA) is 76.2 Å². The number of nitrogens with zero attached hydrogens (tertiary/aromatic N) is 1. The van der Waals surface area contributed by atoms with Crippen molar-refractivity contribution in [3.8, 4) is 0 Å². The lowest BCUT2D eigenvalue weighted by Gasteiger charge is -2.21. The number of fused-ring (bicyclic) bond motifs is 1. The second-order valence-corrected chi connectivity index (χ2v) is 7.16. The maximum Gasteiger partial charge on any atom is 0.267 e. The van der Waals surface area contributed by atoms with Gasteiger partial charge in [-0.3, -0.25) is 4.79 Å². The summed E-state index contributed by atoms with van der Waals surface area (Å²) in [4.78, 5) is 25.1. The first-order valence-electron chi connectivity index (χ1n) is 10.0. The van der Waals surface area contributed by atoms with Gasteiger partial charge in [-0.15, -0.1) is 0 Å². The minimum absolute atomic E-state index is 0.298. The van der Waals surface area contributed by atoms with Crippen LogP contribution < -0.4 is 5.48 Å². The smallest absolute Gasteiger partial charge is 0.267 e. The van der Waals surface area contributed by atoms with Gasteiger partial charge in [0.15, 0.2) is 6.29 Å². The lowest BCUT2D eigenvalue weighted by molar-refractivity contribution is -0.198. The second kappa shape index (κ2) is 9.49. The summed E-state index contributed by atoms with van der Waals surface area (Å²) in [5, 5.41) is 0. The molecule has 1 saturated heterocycles. The Bertz CT molecular complexity index is 939. The van der Waals surface area contributed by atoms with E-state index in [1.54, 1.807) is 6.08 Å². The van der Waals surface area contributed by atoms with Crippen LogP contribution in [0.4, 0.5) is 0 Å². The Hall–Kier alpha value is -2.96. The van der Waals surface area contributed by atoms with Gasteiger partial charge in [0.1, 0.15) is 5.82 Å². The Morgan fingerprint density at radius 1 is 1.17 bits per heavy atom. The highest BCUT2D eigenvalue weighted by atomic mass is 16.8. The molecule has 1 amide bonds. The highest BCUT2D eigenvalue weighted by Gasteiger charge is 2.14. The molecule has 150 valence electrons. The van der Waals surface area contributed by atoms with Crippen molar-refractivity contribution in [2.75, 3.05) is 6.61 Å². The van der Waals surface area contributed by atoms with Gasteiger partial charge in [0, 0.05) is 25.5 Å². The van der Waals surface area contributed by atoms with E-state index in [9.17, 15) is 4.79 Å². The summed E-state index contributed by atoms with van der Waals surface area (Å²) in [6.07, 6.45) is 7.55. The fourth-order valence-electron chi connectivity index (χ4n) is 3.32. The Labute approximate surface area is 169 Å². The molecule has 4 rings (SSSR count). The first-order valence-corrected chi connectivity index (χ1v) is 10.0. The van der Waals surface area contributed by atoms with Crippen molar-refractivity contribution >= 4 is 23.0 Å². The van der Waals surface area contributed by atoms with Crippen LogP contribution in [0.15, 0.2) is 54.6 Å². The number of benzene rings is 2. The van der Waals surface area contributed by atoms with Gasteiger partial charge in [0.25, 0.3) is 5.91 Å². The minimum atomic E-state index is -0.341. The number of aromatic nitrogens is 2. The summed E-state index contributed by atoms with van der Waals surface area (Å²) in [5.41, 5.74) is 6.68. The molecule has 0 bridgehead atoms. The fraction of sp³-hybridized carbons (Fsp3) is 0.304. The molecule has 1 aliphatic rings. The zero-order valence-corrected chi connectivity index (χ0v) is 16.3. The number of carbonyl (C=O) groups is 1. The average molecular weight is 391 g/mol. The van der Waals surface area contributed by atoms with Crippen LogP contribution in [0.25, 0.3) is 17.1 Å². The fourth-order valence-corrected chi connectivity index (χ4v) is 3.32. The van der Waals surface area contributed by atoms with Crippen molar-refractivity contribution < 1.29 is 14.4 Å². The molecule has 0 spiro atoms. The summed E-state index contributed by atoms with van der Waals surface area (Å²) < 4.78 is 5.41. The molecular weight excluding hydrogens is 366 g/mol. The van der Waals surface area contributed by atoms with E-state index in [2.05, 4.69) is 27.6 Å². The molecule has 2 aromatic carbocycles. The monoisotopic (exact) mass is 391 g/mol. The summed E-state index contributed by atoms with van der Waals surface area (Å²) in [6, 6.07) is 16.2. The van der Waals surface area contributed by atoms with E-state index in [1.807, 2.05) is 36.4 Å². The number of hydrogen-bond donors (Lipinski definition) is 2. The third kappa shape index (κ3) is 5.53. The molecule has 1 aromatic heterocycles. The SMILES string of the molecule is O=C(C=Cc1ccc(CCc2nc3ccccc3[nH]2)cc1)NOC1CCCCO1. The number of amides is 1. The van der Waals surface area contributed by atoms with Crippen molar-refractivity contribution in [3.05, 3.63) is 71.6 Å². The molecule has 1 unspecified atom stereocenters. The molecule has 0 radical (unpaired) electrons. The number of rotatable bonds is 7. The number of hydroxylamine groups is 1. The molecule has 6 heteroatoms. The van der Waals surface area contributed by atoms with Gasteiger partial charge in [-0.1, -0.05) is 36.4 Å². The molecule has 2 N–H and O–H groups in total. The van der Waals surface area contributed by atoms with Crippen LogP contribution in [0.3, 0.4) is 0 Å². The summed E-state index contributed by atoms with van der Waals surface area (Å²) in [7, 11) is 0. The van der Waals surface area contributed by atoms with Crippen molar-refractivity contribution in [2.24, 2.45) is 0 Å². The molecular formula is C23H25N3O3. The zero-order valence-electron chi connectivity index (χ0n) is 16.3. The van der Waals surface area contributed by atoms with Crippen LogP contribution in [-0.4, -0.2) is 28.8 Å². The first kappa shape index (κ1) is 19.4. The van der Waals surface area contributed by atoms with Crippen LogP contribution in [0.5, 0.6) is 0 Å². The number of imidazole rings is 1. The molecule has 2 heterocycles. The van der Waals surface area contributed by atoms with E-state index in [0.717, 1.165) is 54.5 Å². The van der Waals surface area contributed by atoms with Crippen molar-refractivity contribution in [1.82, 2.24) is 15.4 Å². The van der Waals surface area contributed by atoms with Gasteiger partial charge in [-0.2, -0.15) is 0 Å². The quantitative estimate of drug-likeness (QED) is 0.473. The van der Waals surface area contributed by atoms with E-state index in [0.29, 0.717) is 6.61 Å². The molecule has 0 aliphatic carbocycles. The highest BCUT2D eigenvalue weighted by Crippen LogP contribution is 2.14. The van der Waals surface area contributed by atoms with E-state index in [4.69, 9.17) is 9.57 Å². The number of hydrogen-bond acceptors (Lipinski definition) is 4. The van der Waals surface area contributed by atoms with Gasteiger partial charge in [-0.05, 0) is 48.6 Å². The zero-order chi connectivity index (χ0) is 19.9. The lowest BCUT2D eigenvalue weighted by Crippen LogP contribution is -2.32. The van der Waals surface area contributed by atoms with E-state index in [1.165, 1.54) is 11.6 Å². The van der Waals surface area contributed by atoms with Gasteiger partial charge in [0.2, 0.25) is 0 Å². The predicted molar refractivity (Wildman–Crippen MR) is 112 cm³/mol. The van der Waals surface area contributed by atoms with Gasteiger partial charge in [0.05, 0.1) is 11.0 Å². The molecule has 1 atom stereocenters. The highest BCUT2D eigenvalue weighted by molar-refractivity contribution is 5.90. The molecule has 0 saturated carbocycles. The molecule has 3 aromatic rings. The molecule has 29 heavy (non-hydrogen) atoms. The average Bonchev–Trinajstić information content (AvgIpc) is 3.19. The van der Waals surface area contributed by atoms with Crippen LogP contribution in [0.1, 0.15) is 36.2 Å². The predicted octanol–water partition coefficient (Wildman–Crippen LogP) is 3.94. The van der Waals surface area contributed by atoms with Crippen molar-refractivity contribution in [3.63, 3.8) is 0 Å². The van der Waals surface area contributed by atoms with Crippen LogP contribution in [0, 0.1) is 0 Å². The molecule has 1 fully saturated rings. The Kier molecular flexibility index (Phi) is 6.34. The number of H-pyrrole nitrogens is 1. The maximum absolute atomic E-state index is 11.9. The Morgan fingerprint density at radius 2 is 2.03 bits per heavy atom. The standard InChI is InChI=1S/C23H25N3O3/c27-22(26-29-23-7-3-4-16-28-23)15-13-18-10-8-17(9-11-18)12-14-21-24-19-5-1-2-6-20(19)25-21/h1-2,5-6,8-11,13,15,23H,3-4,7,12,14,16H2,(H,24,25)(H,26,27). The Morgan fingerprint density at radius 3 is 2.83 bits per heavy atom. The second-order valence-electron chi connectivity index (χ2n) is 7.16. The van der Waals surface area contributed by atoms with E-state index in [-0.39, 0.29) is 12.2 Å². The number of aromatic amines is 1. The van der Waals surface area contributed by atoms with E-state index < -0.39 is 0 Å². The summed E-state index contributed by atoms with van der Waals surface area (Å²) in [6.45, 7) is 0.680. The van der Waals surface area contributed by atoms with Crippen LogP contribution in [0.2, 0.25) is 0 Å². The molecule has 6 nitrogen and oxygen atoms in total. The van der Waals surface area contributed by atoms with Gasteiger partial charge < -0.3 is 9.72 Å². The van der Waals surface area contributed by atoms with Gasteiger partial charge >= 0.3 is 0 Å². The third-order valence-electron chi connectivity index (χ3n) is 4.92. The number of para-hydroxylation sites is 2. The number of nitrogens with one attached hydrogen (secondary N) is 2. The largest absolute Gasteiger partial charge is 0.350 e.